The summed E-state index contributed by atoms with van der Waals surface area (Å²) in [7, 11) is 0. The first-order valence-corrected chi connectivity index (χ1v) is 7.71. The normalized spacial score (nSPS) is 15.6. The SMILES string of the molecule is Cc1ccc(-c2ncon2)cc1NC(=O)C1NC(=O)c2ccccc21. The molecule has 25 heavy (non-hydrogen) atoms. The standard InChI is InChI=1S/C18H14N4O3/c1-10-6-7-11(16-19-9-25-22-16)8-14(10)20-18(24)15-12-4-2-3-5-13(12)17(23)21-15/h2-9,15H,1H3,(H,20,24)(H,21,23). The number of carbonyl (C=O) groups is 2. The molecule has 0 saturated carbocycles. The Morgan fingerprint density at radius 1 is 1.24 bits per heavy atom. The van der Waals surface area contributed by atoms with Crippen molar-refractivity contribution in [1.29, 1.82) is 0 Å². The fourth-order valence-electron chi connectivity index (χ4n) is 2.85. The zero-order valence-corrected chi connectivity index (χ0v) is 13.3. The second kappa shape index (κ2) is 5.86. The number of anilines is 1. The van der Waals surface area contributed by atoms with E-state index in [4.69, 9.17) is 4.52 Å². The van der Waals surface area contributed by atoms with E-state index in [2.05, 4.69) is 20.8 Å². The average Bonchev–Trinajstić information content (AvgIpc) is 3.26. The molecule has 0 saturated heterocycles. The number of nitrogens with zero attached hydrogens (tertiary/aromatic N) is 2. The van der Waals surface area contributed by atoms with Gasteiger partial charge in [0.25, 0.3) is 11.8 Å². The Balaban J connectivity index is 1.62. The van der Waals surface area contributed by atoms with E-state index in [1.807, 2.05) is 25.1 Å². The molecule has 0 bridgehead atoms. The van der Waals surface area contributed by atoms with Crippen molar-refractivity contribution in [3.8, 4) is 11.4 Å². The van der Waals surface area contributed by atoms with Crippen LogP contribution in [0.25, 0.3) is 11.4 Å². The minimum atomic E-state index is -0.711. The molecule has 1 aliphatic rings. The number of benzene rings is 2. The van der Waals surface area contributed by atoms with Gasteiger partial charge in [-0.15, -0.1) is 0 Å². The number of aromatic nitrogens is 2. The molecule has 2 aromatic carbocycles. The van der Waals surface area contributed by atoms with Crippen LogP contribution >= 0.6 is 0 Å². The minimum Gasteiger partial charge on any atom is -0.342 e. The van der Waals surface area contributed by atoms with Crippen LogP contribution in [0.1, 0.15) is 27.5 Å². The van der Waals surface area contributed by atoms with Crippen molar-refractivity contribution >= 4 is 17.5 Å². The summed E-state index contributed by atoms with van der Waals surface area (Å²) in [5.74, 6) is -0.102. The number of hydrogen-bond donors (Lipinski definition) is 2. The molecule has 0 aliphatic carbocycles. The first-order valence-electron chi connectivity index (χ1n) is 7.71. The molecule has 1 aromatic heterocycles. The number of hydrogen-bond acceptors (Lipinski definition) is 5. The van der Waals surface area contributed by atoms with Gasteiger partial charge in [-0.05, 0) is 30.2 Å². The maximum Gasteiger partial charge on any atom is 0.252 e. The highest BCUT2D eigenvalue weighted by Crippen LogP contribution is 2.28. The third kappa shape index (κ3) is 2.65. The Bertz CT molecular complexity index is 966. The van der Waals surface area contributed by atoms with E-state index < -0.39 is 6.04 Å². The molecule has 2 N–H and O–H groups in total. The predicted octanol–water partition coefficient (Wildman–Crippen LogP) is 2.47. The van der Waals surface area contributed by atoms with Gasteiger partial charge in [0.2, 0.25) is 12.2 Å². The number of aryl methyl sites for hydroxylation is 1. The summed E-state index contributed by atoms with van der Waals surface area (Å²) in [6.07, 6.45) is 1.25. The predicted molar refractivity (Wildman–Crippen MR) is 89.7 cm³/mol. The van der Waals surface area contributed by atoms with Gasteiger partial charge in [-0.3, -0.25) is 9.59 Å². The molecule has 7 heteroatoms. The van der Waals surface area contributed by atoms with E-state index in [1.54, 1.807) is 24.3 Å². The Morgan fingerprint density at radius 3 is 2.88 bits per heavy atom. The van der Waals surface area contributed by atoms with Crippen molar-refractivity contribution in [2.24, 2.45) is 0 Å². The highest BCUT2D eigenvalue weighted by molar-refractivity contribution is 6.07. The van der Waals surface area contributed by atoms with Gasteiger partial charge in [0.1, 0.15) is 6.04 Å². The lowest BCUT2D eigenvalue weighted by atomic mass is 10.0. The molecule has 7 nitrogen and oxygen atoms in total. The van der Waals surface area contributed by atoms with Crippen LogP contribution in [0.4, 0.5) is 5.69 Å². The van der Waals surface area contributed by atoms with Crippen LogP contribution < -0.4 is 10.6 Å². The zero-order valence-electron chi connectivity index (χ0n) is 13.3. The summed E-state index contributed by atoms with van der Waals surface area (Å²) in [4.78, 5) is 28.7. The van der Waals surface area contributed by atoms with Crippen LogP contribution in [-0.2, 0) is 4.79 Å². The van der Waals surface area contributed by atoms with Gasteiger partial charge in [-0.1, -0.05) is 35.5 Å². The molecule has 1 unspecified atom stereocenters. The number of carbonyl (C=O) groups excluding carboxylic acids is 2. The lowest BCUT2D eigenvalue weighted by molar-refractivity contribution is -0.118. The third-order valence-corrected chi connectivity index (χ3v) is 4.17. The molecule has 1 aliphatic heterocycles. The fourth-order valence-corrected chi connectivity index (χ4v) is 2.85. The average molecular weight is 334 g/mol. The van der Waals surface area contributed by atoms with Crippen molar-refractivity contribution in [3.05, 3.63) is 65.5 Å². The van der Waals surface area contributed by atoms with Crippen LogP contribution in [0.5, 0.6) is 0 Å². The van der Waals surface area contributed by atoms with E-state index in [-0.39, 0.29) is 11.8 Å². The molecule has 2 heterocycles. The third-order valence-electron chi connectivity index (χ3n) is 4.17. The second-order valence-electron chi connectivity index (χ2n) is 5.77. The van der Waals surface area contributed by atoms with E-state index >= 15 is 0 Å². The van der Waals surface area contributed by atoms with E-state index in [9.17, 15) is 9.59 Å². The number of nitrogens with one attached hydrogen (secondary N) is 2. The second-order valence-corrected chi connectivity index (χ2v) is 5.77. The van der Waals surface area contributed by atoms with Gasteiger partial charge in [0.05, 0.1) is 0 Å². The summed E-state index contributed by atoms with van der Waals surface area (Å²) in [5.41, 5.74) is 3.45. The van der Waals surface area contributed by atoms with Crippen LogP contribution in [-0.4, -0.2) is 22.0 Å². The number of amides is 2. The quantitative estimate of drug-likeness (QED) is 0.767. The lowest BCUT2D eigenvalue weighted by Gasteiger charge is -2.14. The maximum atomic E-state index is 12.7. The summed E-state index contributed by atoms with van der Waals surface area (Å²) >= 11 is 0. The zero-order chi connectivity index (χ0) is 17.4. The lowest BCUT2D eigenvalue weighted by Crippen LogP contribution is -2.30. The minimum absolute atomic E-state index is 0.243. The smallest absolute Gasteiger partial charge is 0.252 e. The summed E-state index contributed by atoms with van der Waals surface area (Å²) in [6.45, 7) is 1.89. The van der Waals surface area contributed by atoms with Crippen LogP contribution in [0, 0.1) is 6.92 Å². The van der Waals surface area contributed by atoms with Gasteiger partial charge in [0.15, 0.2) is 0 Å². The molecule has 124 valence electrons. The van der Waals surface area contributed by atoms with E-state index in [1.165, 1.54) is 6.39 Å². The molecule has 2 amide bonds. The Kier molecular flexibility index (Phi) is 3.53. The van der Waals surface area contributed by atoms with Gasteiger partial charge in [-0.2, -0.15) is 4.98 Å². The molecule has 0 fully saturated rings. The first kappa shape index (κ1) is 15.1. The monoisotopic (exact) mass is 334 g/mol. The summed E-state index contributed by atoms with van der Waals surface area (Å²) < 4.78 is 4.76. The number of rotatable bonds is 3. The number of fused-ring (bicyclic) bond motifs is 1. The largest absolute Gasteiger partial charge is 0.342 e. The Hall–Kier alpha value is -3.48. The molecular formula is C18H14N4O3. The van der Waals surface area contributed by atoms with Crippen molar-refractivity contribution in [3.63, 3.8) is 0 Å². The van der Waals surface area contributed by atoms with Crippen LogP contribution in [0.2, 0.25) is 0 Å². The van der Waals surface area contributed by atoms with Crippen molar-refractivity contribution in [2.75, 3.05) is 5.32 Å². The van der Waals surface area contributed by atoms with Gasteiger partial charge < -0.3 is 15.2 Å². The summed E-state index contributed by atoms with van der Waals surface area (Å²) in [6, 6.07) is 11.8. The topological polar surface area (TPSA) is 97.1 Å². The van der Waals surface area contributed by atoms with Crippen molar-refractivity contribution in [2.45, 2.75) is 13.0 Å². The first-order chi connectivity index (χ1) is 12.1. The van der Waals surface area contributed by atoms with Crippen molar-refractivity contribution in [1.82, 2.24) is 15.5 Å². The van der Waals surface area contributed by atoms with E-state index in [0.29, 0.717) is 22.6 Å². The van der Waals surface area contributed by atoms with Gasteiger partial charge >= 0.3 is 0 Å². The van der Waals surface area contributed by atoms with Gasteiger partial charge in [0, 0.05) is 16.8 Å². The van der Waals surface area contributed by atoms with E-state index in [0.717, 1.165) is 11.1 Å². The fraction of sp³-hybridized carbons (Fsp3) is 0.111. The molecule has 1 atom stereocenters. The summed E-state index contributed by atoms with van der Waals surface area (Å²) in [5, 5.41) is 9.38. The highest BCUT2D eigenvalue weighted by atomic mass is 16.5. The van der Waals surface area contributed by atoms with Crippen LogP contribution in [0.15, 0.2) is 53.4 Å². The molecule has 0 spiro atoms. The van der Waals surface area contributed by atoms with Crippen molar-refractivity contribution < 1.29 is 14.1 Å². The molecule has 4 rings (SSSR count). The molecule has 3 aromatic rings. The highest BCUT2D eigenvalue weighted by Gasteiger charge is 2.33. The molecule has 0 radical (unpaired) electrons. The molecular weight excluding hydrogens is 320 g/mol. The van der Waals surface area contributed by atoms with Crippen LogP contribution in [0.3, 0.4) is 0 Å². The Morgan fingerprint density at radius 2 is 2.08 bits per heavy atom. The van der Waals surface area contributed by atoms with Gasteiger partial charge in [-0.25, -0.2) is 0 Å². The maximum absolute atomic E-state index is 12.7. The Labute approximate surface area is 143 Å².